The molecule has 2 saturated heterocycles. The van der Waals surface area contributed by atoms with Gasteiger partial charge in [0.15, 0.2) is 11.5 Å². The summed E-state index contributed by atoms with van der Waals surface area (Å²) < 4.78 is 23.0. The summed E-state index contributed by atoms with van der Waals surface area (Å²) in [6.45, 7) is 5.10. The van der Waals surface area contributed by atoms with Crippen LogP contribution in [0.3, 0.4) is 0 Å². The van der Waals surface area contributed by atoms with Crippen molar-refractivity contribution in [1.29, 1.82) is 0 Å². The van der Waals surface area contributed by atoms with Gasteiger partial charge in [-0.1, -0.05) is 48.5 Å². The summed E-state index contributed by atoms with van der Waals surface area (Å²) >= 11 is 12.8. The monoisotopic (exact) mass is 675 g/mol. The second-order valence-electron chi connectivity index (χ2n) is 12.7. The Kier molecular flexibility index (Phi) is 11.6. The van der Waals surface area contributed by atoms with Crippen LogP contribution in [0.2, 0.25) is 10.0 Å². The van der Waals surface area contributed by atoms with E-state index < -0.39 is 0 Å². The molecule has 0 spiro atoms. The van der Waals surface area contributed by atoms with Crippen LogP contribution in [0.1, 0.15) is 80.3 Å². The largest absolute Gasteiger partial charge is 0.493 e. The highest BCUT2D eigenvalue weighted by Gasteiger charge is 2.43. The molecule has 1 saturated carbocycles. The summed E-state index contributed by atoms with van der Waals surface area (Å²) in [5.74, 6) is 1.69. The van der Waals surface area contributed by atoms with Crippen LogP contribution < -0.4 is 19.5 Å². The van der Waals surface area contributed by atoms with Gasteiger partial charge in [-0.25, -0.2) is 0 Å². The Bertz CT molecular complexity index is 1350. The number of hydrogen-bond donors (Lipinski definition) is 1. The van der Waals surface area contributed by atoms with Crippen molar-refractivity contribution in [2.45, 2.75) is 76.0 Å². The Morgan fingerprint density at radius 3 is 2.20 bits per heavy atom. The summed E-state index contributed by atoms with van der Waals surface area (Å²) in [5.41, 5.74) is 1.17. The van der Waals surface area contributed by atoms with Crippen molar-refractivity contribution >= 4 is 35.0 Å². The first-order chi connectivity index (χ1) is 22.2. The number of methoxy groups -OCH3 is 3. The molecule has 1 N–H and O–H groups in total. The topological polar surface area (TPSA) is 89.6 Å². The molecule has 1 unspecified atom stereocenters. The van der Waals surface area contributed by atoms with E-state index >= 15 is 0 Å². The van der Waals surface area contributed by atoms with Crippen LogP contribution in [0, 0.1) is 5.92 Å². The fraction of sp³-hybridized carbons (Fsp3) is 0.600. The molecule has 0 aromatic heterocycles. The third kappa shape index (κ3) is 7.53. The fourth-order valence-electron chi connectivity index (χ4n) is 7.79. The van der Waals surface area contributed by atoms with E-state index in [1.165, 1.54) is 53.4 Å². The molecule has 5 rings (SSSR count). The SMILES string of the molecule is COc1cc(C(=O)N2CCO[C@H](CCN3CCC(NC(C)=O)(C4CCCCC4)CC3)C2c2ccc(Cl)c(Cl)c2)cc(OC)c1OC. The summed E-state index contributed by atoms with van der Waals surface area (Å²) in [6, 6.07) is 8.50. The molecule has 0 bridgehead atoms. The predicted molar refractivity (Wildman–Crippen MR) is 179 cm³/mol. The number of likely N-dealkylation sites (tertiary alicyclic amines) is 1. The van der Waals surface area contributed by atoms with E-state index in [1.807, 2.05) is 17.0 Å². The second-order valence-corrected chi connectivity index (χ2v) is 13.6. The third-order valence-corrected chi connectivity index (χ3v) is 10.8. The lowest BCUT2D eigenvalue weighted by atomic mass is 9.69. The van der Waals surface area contributed by atoms with Gasteiger partial charge in [0.05, 0.1) is 50.1 Å². The minimum atomic E-state index is -0.388. The average Bonchev–Trinajstić information content (AvgIpc) is 3.08. The van der Waals surface area contributed by atoms with Crippen LogP contribution in [-0.4, -0.2) is 87.4 Å². The molecule has 2 aliphatic heterocycles. The lowest BCUT2D eigenvalue weighted by molar-refractivity contribution is -0.122. The number of benzene rings is 2. The standard InChI is InChI=1S/C35H47Cl2N3O6/c1-23(41)38-35(26-8-6-5-7-9-26)13-16-39(17-14-35)15-12-29-32(24-10-11-27(36)28(37)20-24)40(18-19-46-29)34(42)25-21-30(43-2)33(45-4)31(22-25)44-3/h10-11,20-22,26,29,32H,5-9,12-19H2,1-4H3,(H,38,41)/t29-,32?/m1/s1. The number of morpholine rings is 1. The van der Waals surface area contributed by atoms with E-state index in [9.17, 15) is 9.59 Å². The van der Waals surface area contributed by atoms with Crippen molar-refractivity contribution in [2.24, 2.45) is 5.92 Å². The average molecular weight is 677 g/mol. The van der Waals surface area contributed by atoms with Gasteiger partial charge in [-0.3, -0.25) is 9.59 Å². The van der Waals surface area contributed by atoms with Crippen LogP contribution in [0.4, 0.5) is 0 Å². The maximum Gasteiger partial charge on any atom is 0.254 e. The zero-order valence-electron chi connectivity index (χ0n) is 27.4. The first-order valence-electron chi connectivity index (χ1n) is 16.4. The van der Waals surface area contributed by atoms with E-state index in [2.05, 4.69) is 10.2 Å². The summed E-state index contributed by atoms with van der Waals surface area (Å²) in [4.78, 5) is 30.8. The smallest absolute Gasteiger partial charge is 0.254 e. The molecule has 2 aromatic carbocycles. The highest BCUT2D eigenvalue weighted by molar-refractivity contribution is 6.42. The van der Waals surface area contributed by atoms with Gasteiger partial charge in [-0.05, 0) is 67.9 Å². The van der Waals surface area contributed by atoms with Gasteiger partial charge in [-0.15, -0.1) is 0 Å². The van der Waals surface area contributed by atoms with Crippen LogP contribution >= 0.6 is 23.2 Å². The van der Waals surface area contributed by atoms with Crippen molar-refractivity contribution in [1.82, 2.24) is 15.1 Å². The van der Waals surface area contributed by atoms with Crippen molar-refractivity contribution in [3.8, 4) is 17.2 Å². The molecule has 11 heteroatoms. The molecule has 2 heterocycles. The second kappa shape index (κ2) is 15.5. The van der Waals surface area contributed by atoms with Crippen molar-refractivity contribution in [3.05, 3.63) is 51.5 Å². The molecule has 46 heavy (non-hydrogen) atoms. The summed E-state index contributed by atoms with van der Waals surface area (Å²) in [7, 11) is 4.60. The van der Waals surface area contributed by atoms with Crippen molar-refractivity contribution in [2.75, 3.05) is 54.1 Å². The van der Waals surface area contributed by atoms with Crippen LogP contribution in [0.25, 0.3) is 0 Å². The number of nitrogens with zero attached hydrogens (tertiary/aromatic N) is 2. The molecule has 2 aromatic rings. The molecular weight excluding hydrogens is 629 g/mol. The molecule has 1 aliphatic carbocycles. The lowest BCUT2D eigenvalue weighted by Crippen LogP contribution is -2.59. The zero-order chi connectivity index (χ0) is 32.8. The number of nitrogens with one attached hydrogen (secondary N) is 1. The normalized spacial score (nSPS) is 22.3. The number of ether oxygens (including phenoxy) is 4. The highest BCUT2D eigenvalue weighted by Crippen LogP contribution is 2.42. The Labute approximate surface area is 282 Å². The van der Waals surface area contributed by atoms with E-state index in [4.69, 9.17) is 42.1 Å². The number of carbonyl (C=O) groups excluding carboxylic acids is 2. The Morgan fingerprint density at radius 1 is 0.935 bits per heavy atom. The number of piperidine rings is 1. The van der Waals surface area contributed by atoms with Crippen molar-refractivity contribution in [3.63, 3.8) is 0 Å². The molecule has 3 fully saturated rings. The van der Waals surface area contributed by atoms with Gasteiger partial charge in [0.1, 0.15) is 0 Å². The molecular formula is C35H47Cl2N3O6. The number of halogens is 2. The molecule has 252 valence electrons. The number of carbonyl (C=O) groups is 2. The number of hydrogen-bond acceptors (Lipinski definition) is 7. The van der Waals surface area contributed by atoms with E-state index in [0.29, 0.717) is 51.9 Å². The van der Waals surface area contributed by atoms with Gasteiger partial charge in [0, 0.05) is 44.2 Å². The first-order valence-corrected chi connectivity index (χ1v) is 17.1. The summed E-state index contributed by atoms with van der Waals surface area (Å²) in [6.07, 6.45) is 8.52. The number of rotatable bonds is 10. The lowest BCUT2D eigenvalue weighted by Gasteiger charge is -2.49. The maximum atomic E-state index is 14.2. The minimum Gasteiger partial charge on any atom is -0.493 e. The van der Waals surface area contributed by atoms with Crippen molar-refractivity contribution < 1.29 is 28.5 Å². The first kappa shape index (κ1) is 34.6. The van der Waals surface area contributed by atoms with E-state index in [-0.39, 0.29) is 29.5 Å². The van der Waals surface area contributed by atoms with Gasteiger partial charge in [0.25, 0.3) is 5.91 Å². The van der Waals surface area contributed by atoms with Gasteiger partial charge >= 0.3 is 0 Å². The third-order valence-electron chi connectivity index (χ3n) is 10.1. The van der Waals surface area contributed by atoms with Gasteiger partial charge < -0.3 is 34.1 Å². The fourth-order valence-corrected chi connectivity index (χ4v) is 8.10. The summed E-state index contributed by atoms with van der Waals surface area (Å²) in [5, 5.41) is 4.28. The highest BCUT2D eigenvalue weighted by atomic mass is 35.5. The maximum absolute atomic E-state index is 14.2. The molecule has 2 amide bonds. The van der Waals surface area contributed by atoms with E-state index in [1.54, 1.807) is 25.1 Å². The van der Waals surface area contributed by atoms with Gasteiger partial charge in [0.2, 0.25) is 11.7 Å². The molecule has 2 atom stereocenters. The molecule has 9 nitrogen and oxygen atoms in total. The van der Waals surface area contributed by atoms with Gasteiger partial charge in [-0.2, -0.15) is 0 Å². The Balaban J connectivity index is 1.36. The molecule has 3 aliphatic rings. The van der Waals surface area contributed by atoms with Crippen LogP contribution in [0.15, 0.2) is 30.3 Å². The van der Waals surface area contributed by atoms with Crippen LogP contribution in [0.5, 0.6) is 17.2 Å². The van der Waals surface area contributed by atoms with E-state index in [0.717, 1.165) is 44.5 Å². The minimum absolute atomic E-state index is 0.0657. The Hall–Kier alpha value is -2.72. The Morgan fingerprint density at radius 2 is 1.61 bits per heavy atom. The quantitative estimate of drug-likeness (QED) is 0.306. The zero-order valence-corrected chi connectivity index (χ0v) is 28.9. The molecule has 0 radical (unpaired) electrons. The predicted octanol–water partition coefficient (Wildman–Crippen LogP) is 6.54. The number of amides is 2. The van der Waals surface area contributed by atoms with Crippen LogP contribution in [-0.2, 0) is 9.53 Å².